The molecule has 7 heteroatoms. The first-order valence-corrected chi connectivity index (χ1v) is 11.0. The van der Waals surface area contributed by atoms with Crippen LogP contribution in [0.4, 0.5) is 11.4 Å². The summed E-state index contributed by atoms with van der Waals surface area (Å²) >= 11 is 5.55. The van der Waals surface area contributed by atoms with E-state index in [1.54, 1.807) is 6.20 Å². The number of anilines is 2. The van der Waals surface area contributed by atoms with Crippen molar-refractivity contribution in [1.29, 1.82) is 0 Å². The zero-order chi connectivity index (χ0) is 22.7. The van der Waals surface area contributed by atoms with Crippen LogP contribution in [0.5, 0.6) is 0 Å². The molecule has 2 aromatic carbocycles. The Balaban J connectivity index is 1.39. The third-order valence-electron chi connectivity index (χ3n) is 5.43. The monoisotopic (exact) mass is 444 g/mol. The number of hydrogen-bond acceptors (Lipinski definition) is 3. The summed E-state index contributed by atoms with van der Waals surface area (Å²) in [6, 6.07) is 17.0. The molecule has 0 unspecified atom stereocenters. The predicted octanol–water partition coefficient (Wildman–Crippen LogP) is 5.22. The van der Waals surface area contributed by atoms with Gasteiger partial charge in [0.1, 0.15) is 0 Å². The Morgan fingerprint density at radius 1 is 0.844 bits per heavy atom. The number of benzene rings is 2. The van der Waals surface area contributed by atoms with Crippen molar-refractivity contribution in [2.24, 2.45) is 0 Å². The van der Waals surface area contributed by atoms with E-state index in [1.807, 2.05) is 22.5 Å². The van der Waals surface area contributed by atoms with Crippen molar-refractivity contribution in [3.8, 4) is 0 Å². The maximum atomic E-state index is 5.55. The molecule has 0 aliphatic heterocycles. The van der Waals surface area contributed by atoms with Gasteiger partial charge in [-0.1, -0.05) is 59.7 Å². The van der Waals surface area contributed by atoms with Crippen LogP contribution >= 0.6 is 12.2 Å². The van der Waals surface area contributed by atoms with Crippen LogP contribution in [-0.2, 0) is 13.1 Å². The summed E-state index contributed by atoms with van der Waals surface area (Å²) in [4.78, 5) is 0. The van der Waals surface area contributed by atoms with Gasteiger partial charge in [0.05, 0.1) is 42.0 Å². The highest BCUT2D eigenvalue weighted by molar-refractivity contribution is 7.80. The zero-order valence-electron chi connectivity index (χ0n) is 18.9. The number of thiocarbonyl (C=S) groups is 1. The van der Waals surface area contributed by atoms with Crippen LogP contribution in [0.1, 0.15) is 33.6 Å². The molecule has 4 rings (SSSR count). The molecule has 164 valence electrons. The number of rotatable bonds is 6. The normalized spacial score (nSPS) is 10.9. The molecule has 0 atom stereocenters. The van der Waals surface area contributed by atoms with Gasteiger partial charge in [-0.2, -0.15) is 10.2 Å². The summed E-state index contributed by atoms with van der Waals surface area (Å²) in [7, 11) is 0. The number of aromatic nitrogens is 4. The van der Waals surface area contributed by atoms with Crippen molar-refractivity contribution in [1.82, 2.24) is 19.6 Å². The maximum absolute atomic E-state index is 5.55. The second-order valence-corrected chi connectivity index (χ2v) is 8.59. The number of aryl methyl sites for hydroxylation is 3. The van der Waals surface area contributed by atoms with Crippen LogP contribution in [-0.4, -0.2) is 24.7 Å². The second kappa shape index (κ2) is 9.36. The minimum Gasteiger partial charge on any atom is -0.330 e. The van der Waals surface area contributed by atoms with Crippen molar-refractivity contribution in [3.63, 3.8) is 0 Å². The maximum Gasteiger partial charge on any atom is 0.175 e. The van der Waals surface area contributed by atoms with Crippen molar-refractivity contribution in [2.75, 3.05) is 10.6 Å². The van der Waals surface area contributed by atoms with E-state index in [1.165, 1.54) is 22.3 Å². The Morgan fingerprint density at radius 2 is 1.44 bits per heavy atom. The molecule has 0 bridgehead atoms. The average Bonchev–Trinajstić information content (AvgIpc) is 3.30. The van der Waals surface area contributed by atoms with Crippen LogP contribution in [0.2, 0.25) is 0 Å². The number of nitrogens with zero attached hydrogens (tertiary/aromatic N) is 4. The molecule has 32 heavy (non-hydrogen) atoms. The fraction of sp³-hybridized carbons (Fsp3) is 0.240. The summed E-state index contributed by atoms with van der Waals surface area (Å²) in [6.07, 6.45) is 3.73. The fourth-order valence-electron chi connectivity index (χ4n) is 3.57. The Labute approximate surface area is 194 Å². The lowest BCUT2D eigenvalue weighted by Gasteiger charge is -2.10. The van der Waals surface area contributed by atoms with E-state index in [0.29, 0.717) is 11.7 Å². The molecule has 6 nitrogen and oxygen atoms in total. The molecule has 0 saturated carbocycles. The van der Waals surface area contributed by atoms with Crippen molar-refractivity contribution >= 4 is 28.7 Å². The molecule has 0 radical (unpaired) electrons. The van der Waals surface area contributed by atoms with E-state index in [2.05, 4.69) is 85.0 Å². The van der Waals surface area contributed by atoms with Crippen LogP contribution in [0.15, 0.2) is 60.9 Å². The van der Waals surface area contributed by atoms with E-state index in [-0.39, 0.29) is 0 Å². The lowest BCUT2D eigenvalue weighted by Crippen LogP contribution is -2.19. The van der Waals surface area contributed by atoms with Gasteiger partial charge in [0, 0.05) is 6.20 Å². The first-order valence-electron chi connectivity index (χ1n) is 10.6. The third-order valence-corrected chi connectivity index (χ3v) is 5.63. The van der Waals surface area contributed by atoms with Gasteiger partial charge < -0.3 is 10.6 Å². The largest absolute Gasteiger partial charge is 0.330 e. The van der Waals surface area contributed by atoms with Crippen LogP contribution in [0.3, 0.4) is 0 Å². The SMILES string of the molecule is Cc1ccc(Cn2cc(NC(=S)Nc3c(C)nn(Cc4ccc(C)cc4)c3C)cn2)cc1. The minimum atomic E-state index is 0.515. The van der Waals surface area contributed by atoms with E-state index >= 15 is 0 Å². The van der Waals surface area contributed by atoms with Crippen LogP contribution in [0.25, 0.3) is 0 Å². The lowest BCUT2D eigenvalue weighted by atomic mass is 10.1. The fourth-order valence-corrected chi connectivity index (χ4v) is 3.79. The van der Waals surface area contributed by atoms with E-state index < -0.39 is 0 Å². The highest BCUT2D eigenvalue weighted by atomic mass is 32.1. The molecule has 2 N–H and O–H groups in total. The molecular formula is C25H28N6S. The van der Waals surface area contributed by atoms with Gasteiger partial charge in [-0.25, -0.2) is 0 Å². The lowest BCUT2D eigenvalue weighted by molar-refractivity contribution is 0.659. The van der Waals surface area contributed by atoms with E-state index in [9.17, 15) is 0 Å². The highest BCUT2D eigenvalue weighted by Crippen LogP contribution is 2.21. The quantitative estimate of drug-likeness (QED) is 0.399. The van der Waals surface area contributed by atoms with E-state index in [0.717, 1.165) is 29.3 Å². The molecule has 2 aromatic heterocycles. The topological polar surface area (TPSA) is 59.7 Å². The van der Waals surface area contributed by atoms with Gasteiger partial charge >= 0.3 is 0 Å². The molecule has 0 spiro atoms. The first kappa shape index (κ1) is 21.8. The van der Waals surface area contributed by atoms with Gasteiger partial charge in [0.2, 0.25) is 0 Å². The molecule has 0 amide bonds. The van der Waals surface area contributed by atoms with Crippen molar-refractivity contribution in [3.05, 3.63) is 94.6 Å². The molecule has 2 heterocycles. The standard InChI is InChI=1S/C25H28N6S/c1-17-5-9-21(10-6-17)14-30-16-23(13-26-30)27-25(32)28-24-19(3)29-31(20(24)4)15-22-11-7-18(2)8-12-22/h5-13,16H,14-15H2,1-4H3,(H2,27,28,32). The van der Waals surface area contributed by atoms with Crippen molar-refractivity contribution < 1.29 is 0 Å². The molecule has 0 saturated heterocycles. The summed E-state index contributed by atoms with van der Waals surface area (Å²) < 4.78 is 3.90. The van der Waals surface area contributed by atoms with Gasteiger partial charge in [0.15, 0.2) is 5.11 Å². The Kier molecular flexibility index (Phi) is 6.37. The Hall–Kier alpha value is -3.45. The summed E-state index contributed by atoms with van der Waals surface area (Å²) in [5.74, 6) is 0. The van der Waals surface area contributed by atoms with Crippen LogP contribution in [0, 0.1) is 27.7 Å². The van der Waals surface area contributed by atoms with Gasteiger partial charge in [-0.15, -0.1) is 0 Å². The second-order valence-electron chi connectivity index (χ2n) is 8.18. The summed E-state index contributed by atoms with van der Waals surface area (Å²) in [5, 5.41) is 16.2. The van der Waals surface area contributed by atoms with E-state index in [4.69, 9.17) is 17.3 Å². The van der Waals surface area contributed by atoms with Gasteiger partial charge in [-0.3, -0.25) is 9.36 Å². The number of hydrogen-bond donors (Lipinski definition) is 2. The molecule has 0 aliphatic carbocycles. The van der Waals surface area contributed by atoms with Crippen molar-refractivity contribution in [2.45, 2.75) is 40.8 Å². The Bertz CT molecular complexity index is 1220. The molecular weight excluding hydrogens is 416 g/mol. The van der Waals surface area contributed by atoms with Gasteiger partial charge in [-0.05, 0) is 51.0 Å². The molecule has 0 fully saturated rings. The average molecular weight is 445 g/mol. The number of nitrogens with one attached hydrogen (secondary N) is 2. The third kappa shape index (κ3) is 5.23. The summed E-state index contributed by atoms with van der Waals surface area (Å²) in [6.45, 7) is 9.66. The van der Waals surface area contributed by atoms with Crippen LogP contribution < -0.4 is 10.6 Å². The Morgan fingerprint density at radius 3 is 2.06 bits per heavy atom. The minimum absolute atomic E-state index is 0.515. The highest BCUT2D eigenvalue weighted by Gasteiger charge is 2.13. The zero-order valence-corrected chi connectivity index (χ0v) is 19.7. The smallest absolute Gasteiger partial charge is 0.175 e. The molecule has 0 aliphatic rings. The first-order chi connectivity index (χ1) is 15.4. The predicted molar refractivity (Wildman–Crippen MR) is 134 cm³/mol. The van der Waals surface area contributed by atoms with Gasteiger partial charge in [0.25, 0.3) is 0 Å². The summed E-state index contributed by atoms with van der Waals surface area (Å²) in [5.41, 5.74) is 8.66. The molecule has 4 aromatic rings.